The van der Waals surface area contributed by atoms with E-state index in [1.54, 1.807) is 7.11 Å². The monoisotopic (exact) mass is 295 g/mol. The van der Waals surface area contributed by atoms with Gasteiger partial charge in [-0.3, -0.25) is 0 Å². The first-order valence-electron chi connectivity index (χ1n) is 7.63. The Labute approximate surface area is 129 Å². The average molecular weight is 295 g/mol. The molecule has 0 unspecified atom stereocenters. The number of benzene rings is 2. The Kier molecular flexibility index (Phi) is 3.14. The van der Waals surface area contributed by atoms with Gasteiger partial charge in [0.05, 0.1) is 13.2 Å². The summed E-state index contributed by atoms with van der Waals surface area (Å²) in [6.07, 6.45) is 5.58. The lowest BCUT2D eigenvalue weighted by atomic mass is 9.77. The van der Waals surface area contributed by atoms with Crippen molar-refractivity contribution < 1.29 is 9.13 Å². The molecular weight excluding hydrogens is 277 g/mol. The molecule has 2 aliphatic rings. The van der Waals surface area contributed by atoms with Crippen LogP contribution in [0.2, 0.25) is 0 Å². The number of rotatable bonds is 2. The quantitative estimate of drug-likeness (QED) is 0.814. The summed E-state index contributed by atoms with van der Waals surface area (Å²) in [5.41, 5.74) is 3.57. The van der Waals surface area contributed by atoms with E-state index < -0.39 is 0 Å². The molecule has 22 heavy (non-hydrogen) atoms. The van der Waals surface area contributed by atoms with E-state index in [9.17, 15) is 4.39 Å². The van der Waals surface area contributed by atoms with Crippen LogP contribution in [-0.2, 0) is 0 Å². The van der Waals surface area contributed by atoms with Gasteiger partial charge in [-0.25, -0.2) is 4.39 Å². The van der Waals surface area contributed by atoms with E-state index in [1.165, 1.54) is 17.7 Å². The first-order chi connectivity index (χ1) is 10.8. The van der Waals surface area contributed by atoms with Gasteiger partial charge in [-0.1, -0.05) is 24.3 Å². The highest BCUT2D eigenvalue weighted by molar-refractivity contribution is 5.61. The lowest BCUT2D eigenvalue weighted by Gasteiger charge is -2.37. The third-order valence-corrected chi connectivity index (χ3v) is 4.80. The van der Waals surface area contributed by atoms with Crippen LogP contribution in [0, 0.1) is 11.7 Å². The van der Waals surface area contributed by atoms with Gasteiger partial charge in [0.2, 0.25) is 0 Å². The van der Waals surface area contributed by atoms with E-state index in [2.05, 4.69) is 29.6 Å². The van der Waals surface area contributed by atoms with Crippen molar-refractivity contribution in [3.63, 3.8) is 0 Å². The number of anilines is 1. The highest BCUT2D eigenvalue weighted by Gasteiger charge is 2.37. The van der Waals surface area contributed by atoms with E-state index >= 15 is 0 Å². The predicted octanol–water partition coefficient (Wildman–Crippen LogP) is 4.66. The van der Waals surface area contributed by atoms with Crippen molar-refractivity contribution in [2.24, 2.45) is 5.92 Å². The second kappa shape index (κ2) is 5.16. The number of methoxy groups -OCH3 is 1. The number of ether oxygens (including phenoxy) is 1. The molecule has 2 aromatic carbocycles. The molecule has 1 aliphatic heterocycles. The summed E-state index contributed by atoms with van der Waals surface area (Å²) >= 11 is 0. The summed E-state index contributed by atoms with van der Waals surface area (Å²) in [4.78, 5) is 0. The molecule has 3 atom stereocenters. The molecule has 0 aromatic heterocycles. The zero-order valence-corrected chi connectivity index (χ0v) is 12.4. The topological polar surface area (TPSA) is 21.3 Å². The van der Waals surface area contributed by atoms with Crippen LogP contribution in [0.25, 0.3) is 0 Å². The molecule has 4 rings (SSSR count). The normalized spacial score (nSPS) is 25.3. The molecule has 112 valence electrons. The van der Waals surface area contributed by atoms with Crippen LogP contribution in [0.4, 0.5) is 10.1 Å². The summed E-state index contributed by atoms with van der Waals surface area (Å²) in [5, 5.41) is 3.64. The fourth-order valence-electron chi connectivity index (χ4n) is 3.70. The van der Waals surface area contributed by atoms with E-state index in [1.807, 2.05) is 18.2 Å². The minimum atomic E-state index is -0.189. The van der Waals surface area contributed by atoms with Crippen LogP contribution < -0.4 is 10.1 Å². The zero-order valence-electron chi connectivity index (χ0n) is 12.4. The van der Waals surface area contributed by atoms with E-state index in [-0.39, 0.29) is 11.9 Å². The number of halogens is 1. The molecule has 2 nitrogen and oxygen atoms in total. The largest absolute Gasteiger partial charge is 0.497 e. The van der Waals surface area contributed by atoms with Crippen molar-refractivity contribution in [2.45, 2.75) is 18.4 Å². The zero-order chi connectivity index (χ0) is 15.1. The molecule has 1 aliphatic carbocycles. The first kappa shape index (κ1) is 13.4. The molecule has 0 amide bonds. The van der Waals surface area contributed by atoms with Gasteiger partial charge < -0.3 is 10.1 Å². The smallest absolute Gasteiger partial charge is 0.123 e. The van der Waals surface area contributed by atoms with Gasteiger partial charge in [-0.15, -0.1) is 0 Å². The fraction of sp³-hybridized carbons (Fsp3) is 0.263. The molecule has 0 saturated carbocycles. The summed E-state index contributed by atoms with van der Waals surface area (Å²) < 4.78 is 18.6. The molecular formula is C19H18FNO. The third-order valence-electron chi connectivity index (χ3n) is 4.80. The Morgan fingerprint density at radius 3 is 2.73 bits per heavy atom. The Bertz CT molecular complexity index is 723. The van der Waals surface area contributed by atoms with Crippen LogP contribution in [-0.4, -0.2) is 7.11 Å². The van der Waals surface area contributed by atoms with Crippen molar-refractivity contribution in [3.8, 4) is 5.75 Å². The van der Waals surface area contributed by atoms with Crippen LogP contribution in [0.5, 0.6) is 5.75 Å². The van der Waals surface area contributed by atoms with Gasteiger partial charge in [-0.2, -0.15) is 0 Å². The second-order valence-electron chi connectivity index (χ2n) is 5.98. The SMILES string of the molecule is COc1ccc2c(c1)[C@@H]1C=CC[C@@H]1[C@H](c1ccc(F)cc1)N2. The summed E-state index contributed by atoms with van der Waals surface area (Å²) in [5.74, 6) is 1.55. The van der Waals surface area contributed by atoms with Crippen LogP contribution in [0.3, 0.4) is 0 Å². The molecule has 3 heteroatoms. The third kappa shape index (κ3) is 2.08. The van der Waals surface area contributed by atoms with Crippen molar-refractivity contribution in [1.29, 1.82) is 0 Å². The number of hydrogen-bond acceptors (Lipinski definition) is 2. The predicted molar refractivity (Wildman–Crippen MR) is 85.7 cm³/mol. The molecule has 2 aromatic rings. The van der Waals surface area contributed by atoms with Crippen molar-refractivity contribution >= 4 is 5.69 Å². The lowest BCUT2D eigenvalue weighted by Crippen LogP contribution is -2.29. The van der Waals surface area contributed by atoms with Crippen LogP contribution in [0.1, 0.15) is 29.5 Å². The molecule has 0 radical (unpaired) electrons. The van der Waals surface area contributed by atoms with E-state index in [4.69, 9.17) is 4.74 Å². The summed E-state index contributed by atoms with van der Waals surface area (Å²) in [7, 11) is 1.70. The first-order valence-corrected chi connectivity index (χ1v) is 7.63. The van der Waals surface area contributed by atoms with Crippen molar-refractivity contribution in [2.75, 3.05) is 12.4 Å². The Morgan fingerprint density at radius 1 is 1.14 bits per heavy atom. The standard InChI is InChI=1S/C19H18FNO/c1-22-14-9-10-18-17(11-14)15-3-2-4-16(15)19(21-18)12-5-7-13(20)8-6-12/h2-3,5-11,15-16,19,21H,4H2,1H3/t15-,16+,19+/m1/s1. The van der Waals surface area contributed by atoms with Crippen molar-refractivity contribution in [3.05, 3.63) is 71.6 Å². The van der Waals surface area contributed by atoms with E-state index in [0.717, 1.165) is 23.4 Å². The molecule has 0 bridgehead atoms. The van der Waals surface area contributed by atoms with Crippen molar-refractivity contribution in [1.82, 2.24) is 0 Å². The van der Waals surface area contributed by atoms with Crippen LogP contribution >= 0.6 is 0 Å². The maximum absolute atomic E-state index is 13.2. The van der Waals surface area contributed by atoms with Gasteiger partial charge in [0.1, 0.15) is 11.6 Å². The number of allylic oxidation sites excluding steroid dienone is 2. The average Bonchev–Trinajstić information content (AvgIpc) is 3.04. The van der Waals surface area contributed by atoms with Gasteiger partial charge in [0.25, 0.3) is 0 Å². The summed E-state index contributed by atoms with van der Waals surface area (Å²) in [6, 6.07) is 13.2. The minimum Gasteiger partial charge on any atom is -0.497 e. The molecule has 1 N–H and O–H groups in total. The Balaban J connectivity index is 1.76. The molecule has 1 heterocycles. The number of fused-ring (bicyclic) bond motifs is 3. The van der Waals surface area contributed by atoms with Crippen LogP contribution in [0.15, 0.2) is 54.6 Å². The minimum absolute atomic E-state index is 0.189. The lowest BCUT2D eigenvalue weighted by molar-refractivity contribution is 0.405. The highest BCUT2D eigenvalue weighted by atomic mass is 19.1. The molecule has 0 fully saturated rings. The Morgan fingerprint density at radius 2 is 1.95 bits per heavy atom. The number of nitrogens with one attached hydrogen (secondary N) is 1. The maximum Gasteiger partial charge on any atom is 0.123 e. The highest BCUT2D eigenvalue weighted by Crippen LogP contribution is 2.50. The maximum atomic E-state index is 13.2. The van der Waals surface area contributed by atoms with Gasteiger partial charge >= 0.3 is 0 Å². The summed E-state index contributed by atoms with van der Waals surface area (Å²) in [6.45, 7) is 0. The molecule has 0 spiro atoms. The number of hydrogen-bond donors (Lipinski definition) is 1. The second-order valence-corrected chi connectivity index (χ2v) is 5.98. The van der Waals surface area contributed by atoms with Gasteiger partial charge in [0, 0.05) is 11.6 Å². The molecule has 0 saturated heterocycles. The van der Waals surface area contributed by atoms with Gasteiger partial charge in [-0.05, 0) is 53.8 Å². The fourth-order valence-corrected chi connectivity index (χ4v) is 3.70. The van der Waals surface area contributed by atoms with Gasteiger partial charge in [0.15, 0.2) is 0 Å². The van der Waals surface area contributed by atoms with E-state index in [0.29, 0.717) is 11.8 Å². The Hall–Kier alpha value is -2.29.